The van der Waals surface area contributed by atoms with Crippen LogP contribution >= 0.6 is 0 Å². The van der Waals surface area contributed by atoms with Gasteiger partial charge in [-0.25, -0.2) is 0 Å². The summed E-state index contributed by atoms with van der Waals surface area (Å²) in [6.45, 7) is 6.06. The normalized spacial score (nSPS) is 17.2. The van der Waals surface area contributed by atoms with E-state index in [1.165, 1.54) is 0 Å². The van der Waals surface area contributed by atoms with Gasteiger partial charge in [0.2, 0.25) is 0 Å². The van der Waals surface area contributed by atoms with E-state index in [1.807, 2.05) is 11.0 Å². The third-order valence-corrected chi connectivity index (χ3v) is 4.74. The Morgan fingerprint density at radius 1 is 1.40 bits per heavy atom. The van der Waals surface area contributed by atoms with Crippen LogP contribution in [0.1, 0.15) is 43.5 Å². The molecule has 1 aromatic carbocycles. The highest BCUT2D eigenvalue weighted by Crippen LogP contribution is 2.38. The molecule has 1 amide bonds. The number of ether oxygens (including phenoxy) is 1. The summed E-state index contributed by atoms with van der Waals surface area (Å²) >= 11 is 0. The summed E-state index contributed by atoms with van der Waals surface area (Å²) in [6.07, 6.45) is 3.30. The zero-order valence-electron chi connectivity index (χ0n) is 12.6. The molecule has 0 unspecified atom stereocenters. The van der Waals surface area contributed by atoms with E-state index in [0.29, 0.717) is 17.0 Å². The standard InChI is InChI=1S/C16H24N2O2/c1-4-16(5-2)9-10-18(11-16)15(19)12-7-6-8-13(20-3)14(12)17/h6-8H,4-5,9-11,17H2,1-3H3. The number of benzene rings is 1. The Morgan fingerprint density at radius 2 is 2.10 bits per heavy atom. The summed E-state index contributed by atoms with van der Waals surface area (Å²) in [5, 5.41) is 0. The summed E-state index contributed by atoms with van der Waals surface area (Å²) in [5.41, 5.74) is 7.29. The van der Waals surface area contributed by atoms with Crippen LogP contribution in [0.4, 0.5) is 5.69 Å². The monoisotopic (exact) mass is 276 g/mol. The van der Waals surface area contributed by atoms with Gasteiger partial charge < -0.3 is 15.4 Å². The summed E-state index contributed by atoms with van der Waals surface area (Å²) in [6, 6.07) is 5.36. The highest BCUT2D eigenvalue weighted by atomic mass is 16.5. The number of rotatable bonds is 4. The largest absolute Gasteiger partial charge is 0.495 e. The van der Waals surface area contributed by atoms with Crippen molar-refractivity contribution in [2.24, 2.45) is 5.41 Å². The highest BCUT2D eigenvalue weighted by Gasteiger charge is 2.37. The van der Waals surface area contributed by atoms with Crippen LogP contribution in [0.3, 0.4) is 0 Å². The van der Waals surface area contributed by atoms with Crippen molar-refractivity contribution in [1.82, 2.24) is 4.90 Å². The number of amides is 1. The van der Waals surface area contributed by atoms with E-state index in [-0.39, 0.29) is 11.3 Å². The maximum atomic E-state index is 12.6. The lowest BCUT2D eigenvalue weighted by atomic mass is 9.82. The average molecular weight is 276 g/mol. The van der Waals surface area contributed by atoms with Crippen LogP contribution in [0.5, 0.6) is 5.75 Å². The summed E-state index contributed by atoms with van der Waals surface area (Å²) < 4.78 is 5.19. The molecule has 4 heteroatoms. The minimum Gasteiger partial charge on any atom is -0.495 e. The molecule has 0 saturated carbocycles. The van der Waals surface area contributed by atoms with Gasteiger partial charge in [0, 0.05) is 13.1 Å². The number of para-hydroxylation sites is 1. The Morgan fingerprint density at radius 3 is 2.65 bits per heavy atom. The van der Waals surface area contributed by atoms with Crippen LogP contribution in [0.15, 0.2) is 18.2 Å². The molecule has 1 aromatic rings. The number of nitrogens with two attached hydrogens (primary N) is 1. The van der Waals surface area contributed by atoms with Gasteiger partial charge in [0.1, 0.15) is 5.75 Å². The number of hydrogen-bond acceptors (Lipinski definition) is 3. The third kappa shape index (κ3) is 2.47. The van der Waals surface area contributed by atoms with E-state index in [0.717, 1.165) is 32.4 Å². The smallest absolute Gasteiger partial charge is 0.256 e. The summed E-state index contributed by atoms with van der Waals surface area (Å²) in [5.74, 6) is 0.581. The lowest BCUT2D eigenvalue weighted by Crippen LogP contribution is -2.32. The molecule has 0 aromatic heterocycles. The fraction of sp³-hybridized carbons (Fsp3) is 0.562. The number of nitrogen functional groups attached to an aromatic ring is 1. The molecule has 0 bridgehead atoms. The molecule has 1 aliphatic heterocycles. The van der Waals surface area contributed by atoms with Gasteiger partial charge in [-0.2, -0.15) is 0 Å². The van der Waals surface area contributed by atoms with Gasteiger partial charge in [-0.15, -0.1) is 0 Å². The third-order valence-electron chi connectivity index (χ3n) is 4.74. The second kappa shape index (κ2) is 5.73. The van der Waals surface area contributed by atoms with Crippen molar-refractivity contribution in [1.29, 1.82) is 0 Å². The Balaban J connectivity index is 2.21. The molecule has 4 nitrogen and oxygen atoms in total. The number of likely N-dealkylation sites (tertiary alicyclic amines) is 1. The van der Waals surface area contributed by atoms with Crippen LogP contribution in [-0.4, -0.2) is 31.0 Å². The van der Waals surface area contributed by atoms with Gasteiger partial charge in [-0.3, -0.25) is 4.79 Å². The number of nitrogens with zero attached hydrogens (tertiary/aromatic N) is 1. The van der Waals surface area contributed by atoms with Gasteiger partial charge in [0.05, 0.1) is 18.4 Å². The van der Waals surface area contributed by atoms with E-state index in [4.69, 9.17) is 10.5 Å². The zero-order chi connectivity index (χ0) is 14.8. The molecule has 1 aliphatic rings. The fourth-order valence-corrected chi connectivity index (χ4v) is 3.01. The molecule has 110 valence electrons. The molecule has 0 aliphatic carbocycles. The first kappa shape index (κ1) is 14.7. The van der Waals surface area contributed by atoms with Gasteiger partial charge >= 0.3 is 0 Å². The highest BCUT2D eigenvalue weighted by molar-refractivity contribution is 6.00. The van der Waals surface area contributed by atoms with Crippen LogP contribution in [0.25, 0.3) is 0 Å². The SMILES string of the molecule is CCC1(CC)CCN(C(=O)c2cccc(OC)c2N)C1. The molecule has 2 N–H and O–H groups in total. The molecular weight excluding hydrogens is 252 g/mol. The van der Waals surface area contributed by atoms with E-state index in [2.05, 4.69) is 13.8 Å². The van der Waals surface area contributed by atoms with E-state index in [9.17, 15) is 4.79 Å². The van der Waals surface area contributed by atoms with E-state index >= 15 is 0 Å². The molecule has 20 heavy (non-hydrogen) atoms. The molecular formula is C16H24N2O2. The predicted octanol–water partition coefficient (Wildman–Crippen LogP) is 2.93. The Bertz CT molecular complexity index is 495. The maximum absolute atomic E-state index is 12.6. The Labute approximate surface area is 120 Å². The summed E-state index contributed by atoms with van der Waals surface area (Å²) in [7, 11) is 1.56. The number of hydrogen-bond donors (Lipinski definition) is 1. The Hall–Kier alpha value is -1.71. The average Bonchev–Trinajstić information content (AvgIpc) is 2.92. The fourth-order valence-electron chi connectivity index (χ4n) is 3.01. The van der Waals surface area contributed by atoms with Crippen molar-refractivity contribution in [3.05, 3.63) is 23.8 Å². The van der Waals surface area contributed by atoms with Gasteiger partial charge in [0.25, 0.3) is 5.91 Å². The first-order chi connectivity index (χ1) is 9.56. The van der Waals surface area contributed by atoms with Crippen molar-refractivity contribution in [3.63, 3.8) is 0 Å². The topological polar surface area (TPSA) is 55.6 Å². The molecule has 0 atom stereocenters. The first-order valence-corrected chi connectivity index (χ1v) is 7.28. The number of anilines is 1. The lowest BCUT2D eigenvalue weighted by Gasteiger charge is -2.26. The minimum atomic E-state index is 0.0187. The second-order valence-electron chi connectivity index (χ2n) is 5.61. The predicted molar refractivity (Wildman–Crippen MR) is 80.9 cm³/mol. The number of carbonyl (C=O) groups excluding carboxylic acids is 1. The minimum absolute atomic E-state index is 0.0187. The number of carbonyl (C=O) groups is 1. The van der Waals surface area contributed by atoms with Gasteiger partial charge in [-0.05, 0) is 36.8 Å². The molecule has 1 fully saturated rings. The van der Waals surface area contributed by atoms with Crippen LogP contribution < -0.4 is 10.5 Å². The summed E-state index contributed by atoms with van der Waals surface area (Å²) in [4.78, 5) is 14.6. The molecule has 0 radical (unpaired) electrons. The van der Waals surface area contributed by atoms with Gasteiger partial charge in [0.15, 0.2) is 0 Å². The maximum Gasteiger partial charge on any atom is 0.256 e. The quantitative estimate of drug-likeness (QED) is 0.860. The molecule has 0 spiro atoms. The van der Waals surface area contributed by atoms with Crippen molar-refractivity contribution in [2.45, 2.75) is 33.1 Å². The molecule has 1 saturated heterocycles. The number of methoxy groups -OCH3 is 1. The molecule has 1 heterocycles. The van der Waals surface area contributed by atoms with Crippen LogP contribution in [0.2, 0.25) is 0 Å². The molecule has 2 rings (SSSR count). The first-order valence-electron chi connectivity index (χ1n) is 7.28. The van der Waals surface area contributed by atoms with Crippen molar-refractivity contribution in [2.75, 3.05) is 25.9 Å². The van der Waals surface area contributed by atoms with Crippen molar-refractivity contribution < 1.29 is 9.53 Å². The zero-order valence-corrected chi connectivity index (χ0v) is 12.6. The van der Waals surface area contributed by atoms with E-state index in [1.54, 1.807) is 19.2 Å². The van der Waals surface area contributed by atoms with Crippen LogP contribution in [-0.2, 0) is 0 Å². The second-order valence-corrected chi connectivity index (χ2v) is 5.61. The van der Waals surface area contributed by atoms with Gasteiger partial charge in [-0.1, -0.05) is 19.9 Å². The lowest BCUT2D eigenvalue weighted by molar-refractivity contribution is 0.0770. The van der Waals surface area contributed by atoms with E-state index < -0.39 is 0 Å². The Kier molecular flexibility index (Phi) is 4.21. The van der Waals surface area contributed by atoms with Crippen LogP contribution in [0, 0.1) is 5.41 Å². The van der Waals surface area contributed by atoms with Crippen molar-refractivity contribution >= 4 is 11.6 Å². The van der Waals surface area contributed by atoms with Crippen molar-refractivity contribution in [3.8, 4) is 5.75 Å².